The lowest BCUT2D eigenvalue weighted by atomic mass is 10.3. The molecule has 0 spiro atoms. The number of hydrogen-bond donors (Lipinski definition) is 1. The van der Waals surface area contributed by atoms with Crippen LogP contribution in [0.2, 0.25) is 0 Å². The fourth-order valence-electron chi connectivity index (χ4n) is 1.70. The first-order chi connectivity index (χ1) is 9.29. The summed E-state index contributed by atoms with van der Waals surface area (Å²) in [7, 11) is -2.28. The molecule has 0 atom stereocenters. The van der Waals surface area contributed by atoms with Crippen molar-refractivity contribution in [3.63, 3.8) is 0 Å². The van der Waals surface area contributed by atoms with Crippen molar-refractivity contribution in [3.05, 3.63) is 52.3 Å². The van der Waals surface area contributed by atoms with Crippen LogP contribution in [0.3, 0.4) is 0 Å². The van der Waals surface area contributed by atoms with Crippen molar-refractivity contribution in [2.75, 3.05) is 0 Å². The lowest BCUT2D eigenvalue weighted by Gasteiger charge is -2.09. The Hall–Kier alpha value is -1.25. The first-order valence-electron chi connectivity index (χ1n) is 5.54. The summed E-state index contributed by atoms with van der Waals surface area (Å²) in [4.78, 5) is -0.602. The number of benzene rings is 1. The molecule has 1 N–H and O–H groups in total. The molecule has 20 heavy (non-hydrogen) atoms. The van der Waals surface area contributed by atoms with Gasteiger partial charge in [-0.15, -0.1) is 0 Å². The molecule has 0 aliphatic heterocycles. The van der Waals surface area contributed by atoms with Crippen molar-refractivity contribution in [2.45, 2.75) is 11.4 Å². The Balaban J connectivity index is 2.27. The summed E-state index contributed by atoms with van der Waals surface area (Å²) in [6.45, 7) is 0.0203. The summed E-state index contributed by atoms with van der Waals surface area (Å²) in [6, 6.07) is 3.17. The van der Waals surface area contributed by atoms with E-state index in [9.17, 15) is 17.2 Å². The molecular weight excluding hydrogens is 354 g/mol. The fourth-order valence-corrected chi connectivity index (χ4v) is 3.88. The predicted molar refractivity (Wildman–Crippen MR) is 73.5 cm³/mol. The highest BCUT2D eigenvalue weighted by atomic mass is 79.9. The molecule has 8 heteroatoms. The minimum Gasteiger partial charge on any atom is -0.357 e. The van der Waals surface area contributed by atoms with Gasteiger partial charge >= 0.3 is 0 Å². The van der Waals surface area contributed by atoms with Gasteiger partial charge in [-0.2, -0.15) is 0 Å². The van der Waals surface area contributed by atoms with Crippen LogP contribution in [0.25, 0.3) is 0 Å². The van der Waals surface area contributed by atoms with Gasteiger partial charge in [0.1, 0.15) is 16.5 Å². The van der Waals surface area contributed by atoms with Crippen molar-refractivity contribution < 1.29 is 17.2 Å². The van der Waals surface area contributed by atoms with Crippen LogP contribution in [0, 0.1) is 11.6 Å². The van der Waals surface area contributed by atoms with E-state index in [0.29, 0.717) is 6.07 Å². The highest BCUT2D eigenvalue weighted by Crippen LogP contribution is 2.26. The minimum atomic E-state index is -4.08. The maximum atomic E-state index is 13.6. The second kappa shape index (κ2) is 5.63. The zero-order valence-corrected chi connectivity index (χ0v) is 12.8. The highest BCUT2D eigenvalue weighted by molar-refractivity contribution is 9.10. The van der Waals surface area contributed by atoms with E-state index in [1.807, 2.05) is 0 Å². The molecule has 0 amide bonds. The Morgan fingerprint density at radius 3 is 2.60 bits per heavy atom. The number of nitrogens with zero attached hydrogens (tertiary/aromatic N) is 1. The highest BCUT2D eigenvalue weighted by Gasteiger charge is 2.23. The minimum absolute atomic E-state index is 0.0203. The molecule has 1 aromatic heterocycles. The van der Waals surface area contributed by atoms with Gasteiger partial charge in [0.2, 0.25) is 10.0 Å². The number of aromatic nitrogens is 1. The van der Waals surface area contributed by atoms with Gasteiger partial charge in [0.05, 0.1) is 0 Å². The summed E-state index contributed by atoms with van der Waals surface area (Å²) in [5.74, 6) is -1.99. The predicted octanol–water partition coefficient (Wildman–Crippen LogP) is 2.54. The summed E-state index contributed by atoms with van der Waals surface area (Å²) in [5.41, 5.74) is 0.731. The SMILES string of the molecule is Cn1ccc(CNS(=O)(=O)c2c(F)cc(F)cc2Br)c1. The zero-order valence-electron chi connectivity index (χ0n) is 10.4. The third-order valence-corrected chi connectivity index (χ3v) is 4.96. The Labute approximate surface area is 123 Å². The Morgan fingerprint density at radius 1 is 1.35 bits per heavy atom. The molecule has 0 saturated carbocycles. The van der Waals surface area contributed by atoms with Gasteiger partial charge in [0.25, 0.3) is 0 Å². The fraction of sp³-hybridized carbons (Fsp3) is 0.167. The van der Waals surface area contributed by atoms with Gasteiger partial charge in [-0.25, -0.2) is 21.9 Å². The molecule has 108 valence electrons. The molecular formula is C12H11BrF2N2O2S. The Morgan fingerprint density at radius 2 is 2.05 bits per heavy atom. The zero-order chi connectivity index (χ0) is 14.9. The van der Waals surface area contributed by atoms with Crippen LogP contribution in [-0.2, 0) is 23.6 Å². The van der Waals surface area contributed by atoms with E-state index in [1.54, 1.807) is 30.1 Å². The third kappa shape index (κ3) is 3.25. The normalized spacial score (nSPS) is 11.8. The molecule has 1 aromatic carbocycles. The van der Waals surface area contributed by atoms with Crippen molar-refractivity contribution in [2.24, 2.45) is 7.05 Å². The largest absolute Gasteiger partial charge is 0.357 e. The summed E-state index contributed by atoms with van der Waals surface area (Å²) < 4.78 is 54.6. The van der Waals surface area contributed by atoms with Crippen LogP contribution in [0.4, 0.5) is 8.78 Å². The quantitative estimate of drug-likeness (QED) is 0.906. The van der Waals surface area contributed by atoms with Crippen molar-refractivity contribution >= 4 is 26.0 Å². The molecule has 4 nitrogen and oxygen atoms in total. The van der Waals surface area contributed by atoms with Gasteiger partial charge in [-0.05, 0) is 33.6 Å². The third-order valence-electron chi connectivity index (χ3n) is 2.59. The van der Waals surface area contributed by atoms with Gasteiger partial charge in [-0.1, -0.05) is 0 Å². The molecule has 0 bridgehead atoms. The van der Waals surface area contributed by atoms with Gasteiger partial charge in [0.15, 0.2) is 0 Å². The number of sulfonamides is 1. The Bertz CT molecular complexity index is 721. The van der Waals surface area contributed by atoms with Crippen molar-refractivity contribution in [1.29, 1.82) is 0 Å². The molecule has 2 rings (SSSR count). The molecule has 1 heterocycles. The topological polar surface area (TPSA) is 51.1 Å². The monoisotopic (exact) mass is 364 g/mol. The summed E-state index contributed by atoms with van der Waals surface area (Å²) in [6.07, 6.45) is 3.50. The van der Waals surface area contributed by atoms with Crippen molar-refractivity contribution in [3.8, 4) is 0 Å². The van der Waals surface area contributed by atoms with E-state index in [4.69, 9.17) is 0 Å². The van der Waals surface area contributed by atoms with E-state index >= 15 is 0 Å². The number of aryl methyl sites for hydroxylation is 1. The first-order valence-corrected chi connectivity index (χ1v) is 7.82. The van der Waals surface area contributed by atoms with Crippen LogP contribution >= 0.6 is 15.9 Å². The second-order valence-corrected chi connectivity index (χ2v) is 6.77. The van der Waals surface area contributed by atoms with Crippen LogP contribution in [0.5, 0.6) is 0 Å². The van der Waals surface area contributed by atoms with E-state index in [1.165, 1.54) is 0 Å². The van der Waals surface area contributed by atoms with Crippen LogP contribution < -0.4 is 4.72 Å². The van der Waals surface area contributed by atoms with E-state index < -0.39 is 26.6 Å². The standard InChI is InChI=1S/C12H11BrF2N2O2S/c1-17-3-2-8(7-17)6-16-20(18,19)12-10(13)4-9(14)5-11(12)15/h2-5,7,16H,6H2,1H3. The van der Waals surface area contributed by atoms with Gasteiger partial charge in [-0.3, -0.25) is 0 Å². The molecule has 0 unspecified atom stereocenters. The maximum absolute atomic E-state index is 13.6. The van der Waals surface area contributed by atoms with E-state index in [2.05, 4.69) is 20.7 Å². The molecule has 0 radical (unpaired) electrons. The maximum Gasteiger partial charge on any atom is 0.244 e. The summed E-state index contributed by atoms with van der Waals surface area (Å²) in [5, 5.41) is 0. The molecule has 0 saturated heterocycles. The number of rotatable bonds is 4. The van der Waals surface area contributed by atoms with Crippen molar-refractivity contribution in [1.82, 2.24) is 9.29 Å². The van der Waals surface area contributed by atoms with Gasteiger partial charge < -0.3 is 4.57 Å². The molecule has 0 aliphatic rings. The Kier molecular flexibility index (Phi) is 4.26. The number of halogens is 3. The average molecular weight is 365 g/mol. The van der Waals surface area contributed by atoms with E-state index in [0.717, 1.165) is 11.6 Å². The molecule has 2 aromatic rings. The average Bonchev–Trinajstić information content (AvgIpc) is 2.71. The smallest absolute Gasteiger partial charge is 0.244 e. The first kappa shape index (κ1) is 15.1. The number of nitrogens with one attached hydrogen (secondary N) is 1. The summed E-state index contributed by atoms with van der Waals surface area (Å²) >= 11 is 2.86. The number of hydrogen-bond acceptors (Lipinski definition) is 2. The lowest BCUT2D eigenvalue weighted by molar-refractivity contribution is 0.540. The van der Waals surface area contributed by atoms with Crippen LogP contribution in [0.1, 0.15) is 5.56 Å². The van der Waals surface area contributed by atoms with Crippen LogP contribution in [0.15, 0.2) is 40.0 Å². The second-order valence-electron chi connectivity index (χ2n) is 4.21. The lowest BCUT2D eigenvalue weighted by Crippen LogP contribution is -2.24. The molecule has 0 aliphatic carbocycles. The van der Waals surface area contributed by atoms with Crippen LogP contribution in [-0.4, -0.2) is 13.0 Å². The van der Waals surface area contributed by atoms with E-state index in [-0.39, 0.29) is 11.0 Å². The van der Waals surface area contributed by atoms with Gasteiger partial charge in [0, 0.05) is 36.5 Å². The molecule has 0 fully saturated rings.